The standard InChI is InChI=1S/C39H36S2/c1-26-16-20-34-32(23-26)39(31-19-17-30(25-36(31)40-34)28-13-7-4-8-14-28)33-24-29(27-11-5-3-6-12-27)18-21-35(33)41-38(2)22-10-9-15-37(38)39/h3-5,7-10,13-21,24-27H,6,11-12,22-23H2,1-2H3. The molecule has 0 saturated carbocycles. The zero-order chi connectivity index (χ0) is 27.6. The van der Waals surface area contributed by atoms with Gasteiger partial charge in [-0.3, -0.25) is 0 Å². The van der Waals surface area contributed by atoms with Gasteiger partial charge in [-0.1, -0.05) is 116 Å². The quantitative estimate of drug-likeness (QED) is 0.282. The van der Waals surface area contributed by atoms with Crippen molar-refractivity contribution < 1.29 is 0 Å². The summed E-state index contributed by atoms with van der Waals surface area (Å²) in [5.41, 5.74) is 10.1. The maximum atomic E-state index is 2.64. The van der Waals surface area contributed by atoms with Gasteiger partial charge < -0.3 is 0 Å². The SMILES string of the molecule is CC1C=CC2=C(C1)C1(C3=CC=CCC3(C)Sc3ccc(C4CC=CCC4)cc31)c1ccc(-c3ccccc3)cc1S2. The van der Waals surface area contributed by atoms with Gasteiger partial charge in [-0.05, 0) is 102 Å². The molecule has 8 rings (SSSR count). The molecule has 0 fully saturated rings. The summed E-state index contributed by atoms with van der Waals surface area (Å²) in [6, 6.07) is 25.8. The number of hydrogen-bond acceptors (Lipinski definition) is 2. The van der Waals surface area contributed by atoms with Crippen LogP contribution in [0.15, 0.2) is 135 Å². The molecule has 0 N–H and O–H groups in total. The molecular formula is C39H36S2. The normalized spacial score (nSPS) is 29.5. The Morgan fingerprint density at radius 3 is 2.61 bits per heavy atom. The molecule has 2 heterocycles. The number of thioether (sulfide) groups is 2. The Kier molecular flexibility index (Phi) is 6.16. The Morgan fingerprint density at radius 1 is 0.854 bits per heavy atom. The first-order valence-corrected chi connectivity index (χ1v) is 16.9. The number of allylic oxidation sites excluding steroid dienone is 8. The molecule has 4 atom stereocenters. The first kappa shape index (κ1) is 25.7. The predicted octanol–water partition coefficient (Wildman–Crippen LogP) is 11.2. The molecule has 5 aliphatic rings. The Balaban J connectivity index is 1.44. The molecule has 0 saturated heterocycles. The molecule has 0 radical (unpaired) electrons. The number of hydrogen-bond donors (Lipinski definition) is 0. The first-order valence-electron chi connectivity index (χ1n) is 15.2. The summed E-state index contributed by atoms with van der Waals surface area (Å²) in [5, 5.41) is 0. The highest BCUT2D eigenvalue weighted by Crippen LogP contribution is 2.67. The largest absolute Gasteiger partial charge is 0.114 e. The zero-order valence-electron chi connectivity index (χ0n) is 23.9. The summed E-state index contributed by atoms with van der Waals surface area (Å²) in [6.07, 6.45) is 22.6. The highest BCUT2D eigenvalue weighted by atomic mass is 32.2. The third-order valence-electron chi connectivity index (χ3n) is 9.93. The van der Waals surface area contributed by atoms with Crippen molar-refractivity contribution in [2.45, 2.75) is 71.8 Å². The summed E-state index contributed by atoms with van der Waals surface area (Å²) in [5.74, 6) is 1.14. The molecular weight excluding hydrogens is 533 g/mol. The van der Waals surface area contributed by atoms with Crippen molar-refractivity contribution in [3.05, 3.63) is 142 Å². The number of fused-ring (bicyclic) bond motifs is 7. The van der Waals surface area contributed by atoms with E-state index in [9.17, 15) is 0 Å². The smallest absolute Gasteiger partial charge is 0.0674 e. The van der Waals surface area contributed by atoms with E-state index in [1.54, 1.807) is 11.1 Å². The molecule has 41 heavy (non-hydrogen) atoms. The lowest BCUT2D eigenvalue weighted by Gasteiger charge is -2.55. The molecule has 3 aliphatic carbocycles. The van der Waals surface area contributed by atoms with E-state index < -0.39 is 0 Å². The monoisotopic (exact) mass is 568 g/mol. The molecule has 4 unspecified atom stereocenters. The summed E-state index contributed by atoms with van der Waals surface area (Å²) >= 11 is 4.10. The number of rotatable bonds is 2. The van der Waals surface area contributed by atoms with Crippen molar-refractivity contribution in [3.8, 4) is 11.1 Å². The van der Waals surface area contributed by atoms with Gasteiger partial charge in [0.05, 0.1) is 5.41 Å². The lowest BCUT2D eigenvalue weighted by molar-refractivity contribution is 0.521. The van der Waals surface area contributed by atoms with Crippen molar-refractivity contribution in [1.29, 1.82) is 0 Å². The van der Waals surface area contributed by atoms with Crippen LogP contribution in [0.25, 0.3) is 11.1 Å². The molecule has 3 aromatic rings. The highest BCUT2D eigenvalue weighted by molar-refractivity contribution is 8.03. The van der Waals surface area contributed by atoms with E-state index in [0.29, 0.717) is 11.8 Å². The molecule has 0 nitrogen and oxygen atoms in total. The minimum atomic E-state index is -0.245. The molecule has 2 heteroatoms. The van der Waals surface area contributed by atoms with Crippen molar-refractivity contribution in [2.75, 3.05) is 0 Å². The summed E-state index contributed by atoms with van der Waals surface area (Å²) in [6.45, 7) is 4.89. The van der Waals surface area contributed by atoms with E-state index in [-0.39, 0.29) is 10.2 Å². The molecule has 1 spiro atoms. The Morgan fingerprint density at radius 2 is 1.76 bits per heavy atom. The third-order valence-corrected chi connectivity index (χ3v) is 12.5. The zero-order valence-corrected chi connectivity index (χ0v) is 25.5. The van der Waals surface area contributed by atoms with E-state index in [1.165, 1.54) is 55.4 Å². The van der Waals surface area contributed by atoms with E-state index in [0.717, 1.165) is 19.3 Å². The molecule has 3 aromatic carbocycles. The Labute approximate surface area is 253 Å². The van der Waals surface area contributed by atoms with Crippen LogP contribution < -0.4 is 0 Å². The van der Waals surface area contributed by atoms with Gasteiger partial charge in [0.15, 0.2) is 0 Å². The second kappa shape index (κ2) is 9.82. The van der Waals surface area contributed by atoms with Gasteiger partial charge in [-0.25, -0.2) is 0 Å². The van der Waals surface area contributed by atoms with Crippen LogP contribution in [0.1, 0.15) is 68.6 Å². The third kappa shape index (κ3) is 3.97. The average molecular weight is 569 g/mol. The molecule has 0 amide bonds. The first-order chi connectivity index (χ1) is 20.1. The summed E-state index contributed by atoms with van der Waals surface area (Å²) in [4.78, 5) is 4.34. The van der Waals surface area contributed by atoms with Gasteiger partial charge in [0.25, 0.3) is 0 Å². The lowest BCUT2D eigenvalue weighted by Crippen LogP contribution is -2.47. The Bertz CT molecular complexity index is 1700. The van der Waals surface area contributed by atoms with Crippen LogP contribution in [-0.4, -0.2) is 4.75 Å². The average Bonchev–Trinajstić information content (AvgIpc) is 3.01. The fourth-order valence-corrected chi connectivity index (χ4v) is 10.6. The van der Waals surface area contributed by atoms with E-state index in [2.05, 4.69) is 135 Å². The van der Waals surface area contributed by atoms with Gasteiger partial charge in [0.1, 0.15) is 0 Å². The van der Waals surface area contributed by atoms with Crippen LogP contribution in [0, 0.1) is 5.92 Å². The van der Waals surface area contributed by atoms with Crippen molar-refractivity contribution in [3.63, 3.8) is 0 Å². The second-order valence-electron chi connectivity index (χ2n) is 12.6. The van der Waals surface area contributed by atoms with Gasteiger partial charge >= 0.3 is 0 Å². The molecule has 0 bridgehead atoms. The minimum Gasteiger partial charge on any atom is -0.114 e. The van der Waals surface area contributed by atoms with Gasteiger partial charge in [-0.2, -0.15) is 0 Å². The summed E-state index contributed by atoms with van der Waals surface area (Å²) in [7, 11) is 0. The maximum absolute atomic E-state index is 2.64. The Hall–Kier alpha value is -2.94. The highest BCUT2D eigenvalue weighted by Gasteiger charge is 2.56. The topological polar surface area (TPSA) is 0 Å². The minimum absolute atomic E-state index is 0.0245. The predicted molar refractivity (Wildman–Crippen MR) is 177 cm³/mol. The van der Waals surface area contributed by atoms with Gasteiger partial charge in [-0.15, -0.1) is 11.8 Å². The molecule has 0 aromatic heterocycles. The van der Waals surface area contributed by atoms with Crippen molar-refractivity contribution in [2.24, 2.45) is 5.92 Å². The van der Waals surface area contributed by atoms with Gasteiger partial charge in [0, 0.05) is 19.4 Å². The van der Waals surface area contributed by atoms with Crippen LogP contribution in [0.3, 0.4) is 0 Å². The van der Waals surface area contributed by atoms with E-state index >= 15 is 0 Å². The van der Waals surface area contributed by atoms with Crippen LogP contribution in [-0.2, 0) is 5.41 Å². The fourth-order valence-electron chi connectivity index (χ4n) is 7.93. The fraction of sp³-hybridized carbons (Fsp3) is 0.282. The van der Waals surface area contributed by atoms with E-state index in [1.807, 2.05) is 11.8 Å². The second-order valence-corrected chi connectivity index (χ2v) is 15.2. The summed E-state index contributed by atoms with van der Waals surface area (Å²) < 4.78 is 0.0245. The van der Waals surface area contributed by atoms with Crippen LogP contribution >= 0.6 is 23.5 Å². The molecule has 204 valence electrons. The van der Waals surface area contributed by atoms with Crippen molar-refractivity contribution >= 4 is 23.5 Å². The van der Waals surface area contributed by atoms with Crippen LogP contribution in [0.4, 0.5) is 0 Å². The molecule has 2 aliphatic heterocycles. The van der Waals surface area contributed by atoms with Crippen LogP contribution in [0.2, 0.25) is 0 Å². The van der Waals surface area contributed by atoms with Crippen molar-refractivity contribution in [1.82, 2.24) is 0 Å². The van der Waals surface area contributed by atoms with Gasteiger partial charge in [0.2, 0.25) is 0 Å². The number of benzene rings is 3. The van der Waals surface area contributed by atoms with Crippen LogP contribution in [0.5, 0.6) is 0 Å². The maximum Gasteiger partial charge on any atom is 0.0674 e. The lowest BCUT2D eigenvalue weighted by atomic mass is 9.57. The van der Waals surface area contributed by atoms with E-state index in [4.69, 9.17) is 0 Å².